The number of rotatable bonds is 5. The first kappa shape index (κ1) is 23.5. The number of aromatic nitrogens is 2. The number of carbonyl (C=O) groups excluding carboxylic acids is 3. The monoisotopic (exact) mass is 553 g/mol. The second-order valence-electron chi connectivity index (χ2n) is 10.1. The molecular weight excluding hydrogens is 526 g/mol. The fraction of sp³-hybridized carbons (Fsp3) is 0.500. The number of nitrogens with one attached hydrogen (secondary N) is 1. The molecule has 3 aliphatic heterocycles. The highest BCUT2D eigenvalue weighted by Crippen LogP contribution is 2.36. The fourth-order valence-corrected chi connectivity index (χ4v) is 6.12. The summed E-state index contributed by atoms with van der Waals surface area (Å²) >= 11 is 3.40. The third-order valence-electron chi connectivity index (χ3n) is 7.83. The van der Waals surface area contributed by atoms with Crippen LogP contribution in [-0.4, -0.2) is 68.8 Å². The molecule has 0 bridgehead atoms. The summed E-state index contributed by atoms with van der Waals surface area (Å²) in [4.78, 5) is 49.8. The maximum atomic E-state index is 13.0. The van der Waals surface area contributed by atoms with Gasteiger partial charge in [0, 0.05) is 56.0 Å². The van der Waals surface area contributed by atoms with Gasteiger partial charge in [-0.05, 0) is 65.4 Å². The van der Waals surface area contributed by atoms with Crippen LogP contribution < -0.4 is 10.1 Å². The molecule has 3 atom stereocenters. The van der Waals surface area contributed by atoms with Gasteiger partial charge in [0.15, 0.2) is 0 Å². The Labute approximate surface area is 217 Å². The van der Waals surface area contributed by atoms with Gasteiger partial charge in [-0.2, -0.15) is 0 Å². The smallest absolute Gasteiger partial charge is 0.255 e. The first-order chi connectivity index (χ1) is 17.5. The van der Waals surface area contributed by atoms with Crippen LogP contribution in [0.1, 0.15) is 66.2 Å². The Hall–Kier alpha value is -2.85. The van der Waals surface area contributed by atoms with E-state index < -0.39 is 11.9 Å². The third kappa shape index (κ3) is 4.41. The van der Waals surface area contributed by atoms with E-state index in [1.54, 1.807) is 23.4 Å². The molecule has 10 heteroatoms. The quantitative estimate of drug-likeness (QED) is 0.567. The minimum absolute atomic E-state index is 0.0897. The van der Waals surface area contributed by atoms with E-state index in [1.165, 1.54) is 6.42 Å². The van der Waals surface area contributed by atoms with E-state index in [4.69, 9.17) is 4.74 Å². The molecule has 0 unspecified atom stereocenters. The number of fused-ring (bicyclic) bond motifs is 1. The molecule has 9 nitrogen and oxygen atoms in total. The minimum Gasteiger partial charge on any atom is -0.489 e. The number of hydrogen-bond donors (Lipinski definition) is 1. The van der Waals surface area contributed by atoms with E-state index in [2.05, 4.69) is 36.1 Å². The van der Waals surface area contributed by atoms with Crippen LogP contribution in [0.25, 0.3) is 0 Å². The molecule has 188 valence electrons. The van der Waals surface area contributed by atoms with Crippen LogP contribution in [0, 0.1) is 0 Å². The fourth-order valence-electron chi connectivity index (χ4n) is 5.91. The Balaban J connectivity index is 1.11. The molecule has 3 amide bonds. The molecule has 1 aromatic carbocycles. The highest BCUT2D eigenvalue weighted by molar-refractivity contribution is 9.10. The number of halogens is 1. The first-order valence-corrected chi connectivity index (χ1v) is 13.4. The first-order valence-electron chi connectivity index (χ1n) is 12.6. The molecular formula is C26H28BrN5O4. The van der Waals surface area contributed by atoms with Crippen molar-refractivity contribution in [1.29, 1.82) is 0 Å². The molecule has 3 fully saturated rings. The van der Waals surface area contributed by atoms with Gasteiger partial charge in [0.05, 0.1) is 4.47 Å². The molecule has 0 spiro atoms. The highest BCUT2D eigenvalue weighted by atomic mass is 79.9. The van der Waals surface area contributed by atoms with Gasteiger partial charge >= 0.3 is 0 Å². The zero-order valence-electron chi connectivity index (χ0n) is 19.9. The van der Waals surface area contributed by atoms with Crippen LogP contribution in [0.2, 0.25) is 0 Å². The standard InChI is InChI=1S/C26H28BrN5O4/c27-17-10-28-24(29-11-17)16-12-31(13-16)20-3-1-2-4-22(20)36-18-5-6-19-15(9-18)14-32(26(19)35)21-7-8-23(33)30-25(21)34/h5-6,9-11,16,20-22H,1-4,7-8,12-14H2,(H,30,33,34)/t20-,21+,22+/m0/s1. The zero-order valence-corrected chi connectivity index (χ0v) is 21.4. The molecule has 2 aromatic rings. The molecule has 36 heavy (non-hydrogen) atoms. The van der Waals surface area contributed by atoms with Gasteiger partial charge in [0.25, 0.3) is 5.91 Å². The maximum absolute atomic E-state index is 13.0. The lowest BCUT2D eigenvalue weighted by molar-refractivity contribution is -0.136. The van der Waals surface area contributed by atoms with Crippen molar-refractivity contribution < 1.29 is 19.1 Å². The Morgan fingerprint density at radius 2 is 1.81 bits per heavy atom. The van der Waals surface area contributed by atoms with Crippen LogP contribution in [0.5, 0.6) is 5.75 Å². The van der Waals surface area contributed by atoms with Crippen molar-refractivity contribution in [1.82, 2.24) is 25.1 Å². The average Bonchev–Trinajstić information content (AvgIpc) is 3.16. The average molecular weight is 554 g/mol. The van der Waals surface area contributed by atoms with E-state index in [9.17, 15) is 14.4 Å². The number of ether oxygens (including phenoxy) is 1. The van der Waals surface area contributed by atoms with Crippen LogP contribution in [0.15, 0.2) is 35.1 Å². The van der Waals surface area contributed by atoms with E-state index in [0.717, 1.165) is 54.0 Å². The topological polar surface area (TPSA) is 105 Å². The summed E-state index contributed by atoms with van der Waals surface area (Å²) in [6.45, 7) is 2.23. The summed E-state index contributed by atoms with van der Waals surface area (Å²) in [6.07, 6.45) is 8.74. The summed E-state index contributed by atoms with van der Waals surface area (Å²) < 4.78 is 7.41. The lowest BCUT2D eigenvalue weighted by Crippen LogP contribution is -2.57. The highest BCUT2D eigenvalue weighted by Gasteiger charge is 2.41. The molecule has 4 heterocycles. The van der Waals surface area contributed by atoms with Crippen LogP contribution in [0.3, 0.4) is 0 Å². The van der Waals surface area contributed by atoms with E-state index in [-0.39, 0.29) is 24.3 Å². The lowest BCUT2D eigenvalue weighted by Gasteiger charge is -2.47. The molecule has 4 aliphatic rings. The molecule has 0 radical (unpaired) electrons. The second kappa shape index (κ2) is 9.55. The van der Waals surface area contributed by atoms with Crippen LogP contribution >= 0.6 is 15.9 Å². The van der Waals surface area contributed by atoms with E-state index in [0.29, 0.717) is 30.5 Å². The number of nitrogens with zero attached hydrogens (tertiary/aromatic N) is 4. The van der Waals surface area contributed by atoms with E-state index in [1.807, 2.05) is 12.1 Å². The summed E-state index contributed by atoms with van der Waals surface area (Å²) in [5.41, 5.74) is 1.47. The van der Waals surface area contributed by atoms with Gasteiger partial charge in [-0.15, -0.1) is 0 Å². The van der Waals surface area contributed by atoms with Gasteiger partial charge in [-0.1, -0.05) is 6.42 Å². The molecule has 1 aromatic heterocycles. The third-order valence-corrected chi connectivity index (χ3v) is 8.24. The Kier molecular flexibility index (Phi) is 6.25. The van der Waals surface area contributed by atoms with Crippen molar-refractivity contribution in [3.05, 3.63) is 52.0 Å². The predicted molar refractivity (Wildman–Crippen MR) is 133 cm³/mol. The van der Waals surface area contributed by atoms with E-state index >= 15 is 0 Å². The summed E-state index contributed by atoms with van der Waals surface area (Å²) in [5, 5.41) is 2.35. The maximum Gasteiger partial charge on any atom is 0.255 e. The molecule has 1 N–H and O–H groups in total. The number of carbonyl (C=O) groups is 3. The Morgan fingerprint density at radius 3 is 2.58 bits per heavy atom. The minimum atomic E-state index is -0.608. The van der Waals surface area contributed by atoms with Crippen molar-refractivity contribution in [3.63, 3.8) is 0 Å². The van der Waals surface area contributed by atoms with Crippen molar-refractivity contribution >= 4 is 33.7 Å². The lowest BCUT2D eigenvalue weighted by atomic mass is 9.86. The number of piperidine rings is 1. The number of amides is 3. The zero-order chi connectivity index (χ0) is 24.8. The van der Waals surface area contributed by atoms with Crippen molar-refractivity contribution in [2.45, 2.75) is 69.2 Å². The summed E-state index contributed by atoms with van der Waals surface area (Å²) in [7, 11) is 0. The van der Waals surface area contributed by atoms with Crippen molar-refractivity contribution in [2.24, 2.45) is 0 Å². The number of hydrogen-bond acceptors (Lipinski definition) is 7. The molecule has 2 saturated heterocycles. The summed E-state index contributed by atoms with van der Waals surface area (Å²) in [6, 6.07) is 5.36. The van der Waals surface area contributed by atoms with Crippen LogP contribution in [0.4, 0.5) is 0 Å². The second-order valence-corrected chi connectivity index (χ2v) is 11.1. The van der Waals surface area contributed by atoms with Crippen molar-refractivity contribution in [2.75, 3.05) is 13.1 Å². The van der Waals surface area contributed by atoms with Gasteiger partial charge in [0.1, 0.15) is 23.7 Å². The number of benzene rings is 1. The largest absolute Gasteiger partial charge is 0.489 e. The summed E-state index contributed by atoms with van der Waals surface area (Å²) in [5.74, 6) is 1.17. The van der Waals surface area contributed by atoms with Crippen molar-refractivity contribution in [3.8, 4) is 5.75 Å². The Bertz CT molecular complexity index is 1200. The SMILES string of the molecule is O=C1CC[C@@H](N2Cc3cc(O[C@@H]4CCCC[C@@H]4N4CC(c5ncc(Br)cn5)C4)ccc3C2=O)C(=O)N1. The normalized spacial score (nSPS) is 27.0. The van der Waals surface area contributed by atoms with Gasteiger partial charge in [-0.3, -0.25) is 24.6 Å². The number of likely N-dealkylation sites (tertiary alicyclic amines) is 1. The molecule has 1 saturated carbocycles. The van der Waals surface area contributed by atoms with Gasteiger partial charge in [-0.25, -0.2) is 9.97 Å². The van der Waals surface area contributed by atoms with Gasteiger partial charge in [0.2, 0.25) is 11.8 Å². The Morgan fingerprint density at radius 1 is 1.03 bits per heavy atom. The number of imide groups is 1. The van der Waals surface area contributed by atoms with Crippen LogP contribution in [-0.2, 0) is 16.1 Å². The van der Waals surface area contributed by atoms with Gasteiger partial charge < -0.3 is 9.64 Å². The molecule has 6 rings (SSSR count). The molecule has 1 aliphatic carbocycles. The predicted octanol–water partition coefficient (Wildman–Crippen LogP) is 2.79.